The van der Waals surface area contributed by atoms with E-state index in [0.29, 0.717) is 23.3 Å². The number of hydrogen-bond donors (Lipinski definition) is 3. The van der Waals surface area contributed by atoms with Crippen LogP contribution in [-0.2, 0) is 0 Å². The van der Waals surface area contributed by atoms with Crippen LogP contribution < -0.4 is 15.8 Å². The number of hydrogen-bond acceptors (Lipinski definition) is 5. The summed E-state index contributed by atoms with van der Waals surface area (Å²) in [5, 5.41) is 10.2. The van der Waals surface area contributed by atoms with Gasteiger partial charge in [-0.1, -0.05) is 0 Å². The zero-order chi connectivity index (χ0) is 17.4. The monoisotopic (exact) mass is 342 g/mol. The fraction of sp³-hybridized carbons (Fsp3) is 0.529. The van der Waals surface area contributed by atoms with E-state index in [0.717, 1.165) is 31.6 Å². The van der Waals surface area contributed by atoms with E-state index in [4.69, 9.17) is 0 Å². The molecule has 2 aliphatic rings. The van der Waals surface area contributed by atoms with Crippen LogP contribution in [0.3, 0.4) is 0 Å². The first-order chi connectivity index (χ1) is 12.1. The van der Waals surface area contributed by atoms with E-state index in [-0.39, 0.29) is 17.5 Å². The molecule has 0 unspecified atom stereocenters. The number of anilines is 1. The second kappa shape index (κ2) is 6.34. The molecule has 0 atom stereocenters. The fourth-order valence-electron chi connectivity index (χ4n) is 3.26. The Hall–Kier alpha value is -2.64. The topological polar surface area (TPSA) is 107 Å². The van der Waals surface area contributed by atoms with Gasteiger partial charge in [0.15, 0.2) is 0 Å². The maximum atomic E-state index is 12.3. The summed E-state index contributed by atoms with van der Waals surface area (Å²) in [7, 11) is 0. The first kappa shape index (κ1) is 15.9. The number of nitrogens with one attached hydrogen (secondary N) is 3. The lowest BCUT2D eigenvalue weighted by Crippen LogP contribution is -2.45. The van der Waals surface area contributed by atoms with E-state index in [1.807, 2.05) is 13.0 Å². The summed E-state index contributed by atoms with van der Waals surface area (Å²) in [5.41, 5.74) is 2.10. The van der Waals surface area contributed by atoms with Crippen LogP contribution in [0.15, 0.2) is 16.9 Å². The van der Waals surface area contributed by atoms with Crippen LogP contribution in [0.5, 0.6) is 0 Å². The lowest BCUT2D eigenvalue weighted by atomic mass is 10.1. The third kappa shape index (κ3) is 3.57. The van der Waals surface area contributed by atoms with Crippen molar-refractivity contribution in [3.05, 3.63) is 39.6 Å². The fourth-order valence-corrected chi connectivity index (χ4v) is 3.26. The summed E-state index contributed by atoms with van der Waals surface area (Å²) in [4.78, 5) is 33.1. The van der Waals surface area contributed by atoms with Gasteiger partial charge in [-0.05, 0) is 38.7 Å². The zero-order valence-electron chi connectivity index (χ0n) is 14.2. The third-order valence-corrected chi connectivity index (χ3v) is 4.83. The van der Waals surface area contributed by atoms with Crippen molar-refractivity contribution < 1.29 is 4.79 Å². The molecule has 8 nitrogen and oxygen atoms in total. The summed E-state index contributed by atoms with van der Waals surface area (Å²) < 4.78 is 0. The Morgan fingerprint density at radius 3 is 2.68 bits per heavy atom. The average molecular weight is 342 g/mol. The van der Waals surface area contributed by atoms with Crippen LogP contribution in [0.4, 0.5) is 5.95 Å². The summed E-state index contributed by atoms with van der Waals surface area (Å²) >= 11 is 0. The molecule has 8 heteroatoms. The quantitative estimate of drug-likeness (QED) is 0.771. The number of amides is 1. The number of H-pyrrole nitrogens is 2. The lowest BCUT2D eigenvalue weighted by molar-refractivity contribution is 0.0926. The molecule has 132 valence electrons. The number of nitrogens with zero attached hydrogens (tertiary/aromatic N) is 3. The molecule has 3 N–H and O–H groups in total. The van der Waals surface area contributed by atoms with Gasteiger partial charge < -0.3 is 10.2 Å². The van der Waals surface area contributed by atoms with E-state index < -0.39 is 0 Å². The van der Waals surface area contributed by atoms with Gasteiger partial charge in [0.1, 0.15) is 5.69 Å². The molecule has 0 aromatic carbocycles. The number of rotatable bonds is 4. The normalized spacial score (nSPS) is 18.4. The highest BCUT2D eigenvalue weighted by atomic mass is 16.2. The standard InChI is InChI=1S/C17H22N6O2/c1-10-8-15(24)20-17(18-10)23-6-4-12(5-7-23)19-16(25)14-9-13(21-22-14)11-2-3-11/h8-9,11-12H,2-7H2,1H3,(H,19,25)(H,21,22)(H,18,20,24). The van der Waals surface area contributed by atoms with Crippen LogP contribution >= 0.6 is 0 Å². The Labute approximate surface area is 145 Å². The number of piperidine rings is 1. The minimum absolute atomic E-state index is 0.112. The molecule has 1 amide bonds. The molecule has 1 saturated carbocycles. The highest BCUT2D eigenvalue weighted by Gasteiger charge is 2.27. The maximum absolute atomic E-state index is 12.3. The van der Waals surface area contributed by atoms with Gasteiger partial charge in [-0.3, -0.25) is 19.7 Å². The summed E-state index contributed by atoms with van der Waals surface area (Å²) in [6.45, 7) is 3.29. The van der Waals surface area contributed by atoms with Crippen LogP contribution in [-0.4, -0.2) is 45.2 Å². The Morgan fingerprint density at radius 2 is 2.00 bits per heavy atom. The Kier molecular flexibility index (Phi) is 4.03. The zero-order valence-corrected chi connectivity index (χ0v) is 14.2. The van der Waals surface area contributed by atoms with Crippen molar-refractivity contribution in [2.75, 3.05) is 18.0 Å². The van der Waals surface area contributed by atoms with Crippen molar-refractivity contribution in [3.63, 3.8) is 0 Å². The number of carbonyl (C=O) groups excluding carboxylic acids is 1. The van der Waals surface area contributed by atoms with E-state index >= 15 is 0 Å². The van der Waals surface area contributed by atoms with Gasteiger partial charge in [0, 0.05) is 42.5 Å². The van der Waals surface area contributed by atoms with Crippen molar-refractivity contribution >= 4 is 11.9 Å². The Morgan fingerprint density at radius 1 is 1.24 bits per heavy atom. The van der Waals surface area contributed by atoms with Crippen LogP contribution in [0.1, 0.15) is 53.5 Å². The molecular formula is C17H22N6O2. The number of carbonyl (C=O) groups is 1. The largest absolute Gasteiger partial charge is 0.348 e. The smallest absolute Gasteiger partial charge is 0.271 e. The molecule has 25 heavy (non-hydrogen) atoms. The molecule has 4 rings (SSSR count). The van der Waals surface area contributed by atoms with Crippen molar-refractivity contribution in [3.8, 4) is 0 Å². The van der Waals surface area contributed by atoms with Gasteiger partial charge in [0.2, 0.25) is 5.95 Å². The first-order valence-corrected chi connectivity index (χ1v) is 8.77. The SMILES string of the molecule is Cc1cc(=O)[nH]c(N2CCC(NC(=O)c3cc(C4CC4)[nH]n3)CC2)n1. The third-order valence-electron chi connectivity index (χ3n) is 4.83. The van der Waals surface area contributed by atoms with Crippen molar-refractivity contribution in [1.82, 2.24) is 25.5 Å². The summed E-state index contributed by atoms with van der Waals surface area (Å²) in [6, 6.07) is 3.46. The lowest BCUT2D eigenvalue weighted by Gasteiger charge is -2.32. The molecule has 2 aromatic heterocycles. The van der Waals surface area contributed by atoms with E-state index in [1.165, 1.54) is 18.9 Å². The van der Waals surface area contributed by atoms with Crippen molar-refractivity contribution in [2.24, 2.45) is 0 Å². The second-order valence-corrected chi connectivity index (χ2v) is 6.93. The predicted octanol–water partition coefficient (Wildman–Crippen LogP) is 1.08. The second-order valence-electron chi connectivity index (χ2n) is 6.93. The molecule has 2 fully saturated rings. The number of aromatic nitrogens is 4. The highest BCUT2D eigenvalue weighted by Crippen LogP contribution is 2.38. The molecule has 0 spiro atoms. The molecule has 0 radical (unpaired) electrons. The van der Waals surface area contributed by atoms with Gasteiger partial charge in [0.05, 0.1) is 0 Å². The van der Waals surface area contributed by atoms with Crippen molar-refractivity contribution in [1.29, 1.82) is 0 Å². The van der Waals surface area contributed by atoms with Crippen LogP contribution in [0.2, 0.25) is 0 Å². The Balaban J connectivity index is 1.33. The molecule has 2 aromatic rings. The van der Waals surface area contributed by atoms with Gasteiger partial charge >= 0.3 is 0 Å². The summed E-state index contributed by atoms with van der Waals surface area (Å²) in [6.07, 6.45) is 3.97. The minimum Gasteiger partial charge on any atom is -0.348 e. The van der Waals surface area contributed by atoms with Crippen molar-refractivity contribution in [2.45, 2.75) is 44.6 Å². The predicted molar refractivity (Wildman–Crippen MR) is 92.9 cm³/mol. The molecule has 1 saturated heterocycles. The van der Waals surface area contributed by atoms with E-state index in [9.17, 15) is 9.59 Å². The summed E-state index contributed by atoms with van der Waals surface area (Å²) in [5.74, 6) is 1.04. The molecular weight excluding hydrogens is 320 g/mol. The number of aromatic amines is 2. The maximum Gasteiger partial charge on any atom is 0.271 e. The van der Waals surface area contributed by atoms with E-state index in [1.54, 1.807) is 0 Å². The molecule has 1 aliphatic heterocycles. The van der Waals surface area contributed by atoms with Crippen LogP contribution in [0.25, 0.3) is 0 Å². The van der Waals surface area contributed by atoms with Gasteiger partial charge in [-0.2, -0.15) is 5.10 Å². The number of aryl methyl sites for hydroxylation is 1. The van der Waals surface area contributed by atoms with Gasteiger partial charge in [0.25, 0.3) is 11.5 Å². The molecule has 0 bridgehead atoms. The van der Waals surface area contributed by atoms with E-state index in [2.05, 4.69) is 30.4 Å². The van der Waals surface area contributed by atoms with Crippen LogP contribution in [0, 0.1) is 6.92 Å². The minimum atomic E-state index is -0.136. The first-order valence-electron chi connectivity index (χ1n) is 8.77. The average Bonchev–Trinajstić information content (AvgIpc) is 3.31. The van der Waals surface area contributed by atoms with Gasteiger partial charge in [-0.25, -0.2) is 4.98 Å². The molecule has 1 aliphatic carbocycles. The highest BCUT2D eigenvalue weighted by molar-refractivity contribution is 5.92. The Bertz CT molecular complexity index is 830. The molecule has 3 heterocycles. The van der Waals surface area contributed by atoms with Gasteiger partial charge in [-0.15, -0.1) is 0 Å².